The molecule has 7 nitrogen and oxygen atoms in total. The molecule has 2 aliphatic carbocycles. The third kappa shape index (κ3) is 4.21. The number of amides is 2. The standard InChI is InChI=1S/C29H34N4O3/c1-3-35-23-14-15-24-25(16-23)33(22-8-5-9-22)27(26(24)28-30-18(2)17-36-28)19-10-12-21(13-11-19)32-29(34)31-20-6-4-7-20/h10-17,20,22,26-27H,3-9H2,1-2H3,(H2,31,32,34). The van der Waals surface area contributed by atoms with E-state index in [2.05, 4.69) is 45.9 Å². The summed E-state index contributed by atoms with van der Waals surface area (Å²) in [4.78, 5) is 19.7. The number of carbonyl (C=O) groups is 1. The molecule has 7 heteroatoms. The van der Waals surface area contributed by atoms with Crippen molar-refractivity contribution >= 4 is 17.4 Å². The van der Waals surface area contributed by atoms with Crippen LogP contribution in [0.1, 0.15) is 80.1 Å². The van der Waals surface area contributed by atoms with Crippen LogP contribution in [0.4, 0.5) is 16.2 Å². The van der Waals surface area contributed by atoms with Gasteiger partial charge in [-0.15, -0.1) is 0 Å². The van der Waals surface area contributed by atoms with Crippen LogP contribution in [-0.2, 0) is 0 Å². The first-order valence-corrected chi connectivity index (χ1v) is 13.3. The molecule has 2 aromatic carbocycles. The second kappa shape index (κ2) is 9.52. The van der Waals surface area contributed by atoms with Gasteiger partial charge in [0.1, 0.15) is 12.0 Å². The summed E-state index contributed by atoms with van der Waals surface area (Å²) in [5.74, 6) is 1.61. The van der Waals surface area contributed by atoms with E-state index in [1.807, 2.05) is 26.0 Å². The Morgan fingerprint density at radius 3 is 2.50 bits per heavy atom. The van der Waals surface area contributed by atoms with Crippen molar-refractivity contribution in [3.05, 3.63) is 71.4 Å². The Morgan fingerprint density at radius 1 is 1.11 bits per heavy atom. The average molecular weight is 487 g/mol. The van der Waals surface area contributed by atoms with Gasteiger partial charge in [-0.3, -0.25) is 0 Å². The zero-order valence-electron chi connectivity index (χ0n) is 21.0. The Hall–Kier alpha value is -3.48. The van der Waals surface area contributed by atoms with Crippen LogP contribution in [0.2, 0.25) is 0 Å². The molecule has 2 N–H and O–H groups in total. The summed E-state index contributed by atoms with van der Waals surface area (Å²) >= 11 is 0. The van der Waals surface area contributed by atoms with Gasteiger partial charge < -0.3 is 24.7 Å². The van der Waals surface area contributed by atoms with E-state index in [4.69, 9.17) is 14.1 Å². The number of nitrogens with one attached hydrogen (secondary N) is 2. The molecule has 3 aliphatic rings. The van der Waals surface area contributed by atoms with E-state index < -0.39 is 0 Å². The van der Waals surface area contributed by atoms with Gasteiger partial charge >= 0.3 is 6.03 Å². The number of hydrogen-bond donors (Lipinski definition) is 2. The number of nitrogens with zero attached hydrogens (tertiary/aromatic N) is 2. The Balaban J connectivity index is 1.35. The summed E-state index contributed by atoms with van der Waals surface area (Å²) < 4.78 is 11.9. The number of benzene rings is 2. The molecular formula is C29H34N4O3. The van der Waals surface area contributed by atoms with E-state index in [-0.39, 0.29) is 18.0 Å². The molecule has 2 atom stereocenters. The van der Waals surface area contributed by atoms with Crippen LogP contribution in [0.25, 0.3) is 0 Å². The zero-order valence-corrected chi connectivity index (χ0v) is 21.0. The number of carbonyl (C=O) groups excluding carboxylic acids is 1. The summed E-state index contributed by atoms with van der Waals surface area (Å²) in [5.41, 5.74) is 5.29. The van der Waals surface area contributed by atoms with Gasteiger partial charge in [0, 0.05) is 29.5 Å². The Morgan fingerprint density at radius 2 is 1.89 bits per heavy atom. The minimum Gasteiger partial charge on any atom is -0.494 e. The number of aryl methyl sites for hydroxylation is 1. The highest BCUT2D eigenvalue weighted by Gasteiger charge is 2.46. The summed E-state index contributed by atoms with van der Waals surface area (Å²) in [6.07, 6.45) is 8.66. The van der Waals surface area contributed by atoms with Gasteiger partial charge in [-0.25, -0.2) is 9.78 Å². The molecule has 1 aromatic heterocycles. The Bertz CT molecular complexity index is 1230. The number of fused-ring (bicyclic) bond motifs is 1. The summed E-state index contributed by atoms with van der Waals surface area (Å²) in [5, 5.41) is 6.03. The number of rotatable bonds is 7. The van der Waals surface area contributed by atoms with Gasteiger partial charge in [0.05, 0.1) is 24.3 Å². The summed E-state index contributed by atoms with van der Waals surface area (Å²) in [7, 11) is 0. The minimum atomic E-state index is -0.131. The first-order chi connectivity index (χ1) is 17.6. The minimum absolute atomic E-state index is 0.0225. The number of urea groups is 1. The fourth-order valence-corrected chi connectivity index (χ4v) is 5.64. The van der Waals surface area contributed by atoms with Crippen LogP contribution in [-0.4, -0.2) is 29.7 Å². The lowest BCUT2D eigenvalue weighted by atomic mass is 9.86. The molecule has 36 heavy (non-hydrogen) atoms. The van der Waals surface area contributed by atoms with Crippen molar-refractivity contribution in [2.75, 3.05) is 16.8 Å². The second-order valence-electron chi connectivity index (χ2n) is 10.2. The lowest BCUT2D eigenvalue weighted by Gasteiger charge is -2.42. The van der Waals surface area contributed by atoms with Gasteiger partial charge in [-0.05, 0) is 81.7 Å². The first-order valence-electron chi connectivity index (χ1n) is 13.3. The van der Waals surface area contributed by atoms with Crippen molar-refractivity contribution < 1.29 is 13.9 Å². The predicted molar refractivity (Wildman–Crippen MR) is 140 cm³/mol. The van der Waals surface area contributed by atoms with Crippen LogP contribution in [0.15, 0.2) is 53.1 Å². The molecule has 2 heterocycles. The maximum absolute atomic E-state index is 12.4. The fraction of sp³-hybridized carbons (Fsp3) is 0.448. The summed E-state index contributed by atoms with van der Waals surface area (Å²) in [6.45, 7) is 4.62. The van der Waals surface area contributed by atoms with E-state index in [9.17, 15) is 4.79 Å². The molecule has 1 aliphatic heterocycles. The number of aromatic nitrogens is 1. The second-order valence-corrected chi connectivity index (χ2v) is 10.2. The lowest BCUT2D eigenvalue weighted by molar-refractivity contribution is 0.240. The van der Waals surface area contributed by atoms with E-state index in [1.54, 1.807) is 6.26 Å². The topological polar surface area (TPSA) is 79.6 Å². The van der Waals surface area contributed by atoms with Crippen LogP contribution in [0, 0.1) is 6.92 Å². The third-order valence-corrected chi connectivity index (χ3v) is 7.86. The Kier molecular flexibility index (Phi) is 6.07. The van der Waals surface area contributed by atoms with Gasteiger partial charge in [0.25, 0.3) is 0 Å². The van der Waals surface area contributed by atoms with Crippen LogP contribution in [0.5, 0.6) is 5.75 Å². The Labute approximate surface area is 212 Å². The van der Waals surface area contributed by atoms with Crippen LogP contribution >= 0.6 is 0 Å². The highest BCUT2D eigenvalue weighted by Crippen LogP contribution is 2.55. The highest BCUT2D eigenvalue weighted by molar-refractivity contribution is 5.89. The summed E-state index contributed by atoms with van der Waals surface area (Å²) in [6, 6.07) is 15.4. The number of hydrogen-bond acceptors (Lipinski definition) is 5. The molecule has 2 saturated carbocycles. The van der Waals surface area contributed by atoms with E-state index >= 15 is 0 Å². The number of anilines is 2. The molecule has 2 fully saturated rings. The van der Waals surface area contributed by atoms with E-state index in [1.165, 1.54) is 42.5 Å². The molecule has 0 bridgehead atoms. The molecule has 2 amide bonds. The van der Waals surface area contributed by atoms with Gasteiger partial charge in [0.2, 0.25) is 5.89 Å². The zero-order chi connectivity index (χ0) is 24.6. The van der Waals surface area contributed by atoms with E-state index in [0.29, 0.717) is 18.7 Å². The highest BCUT2D eigenvalue weighted by atomic mass is 16.5. The molecule has 0 saturated heterocycles. The smallest absolute Gasteiger partial charge is 0.319 e. The van der Waals surface area contributed by atoms with Crippen molar-refractivity contribution in [2.24, 2.45) is 0 Å². The van der Waals surface area contributed by atoms with Gasteiger partial charge in [-0.2, -0.15) is 0 Å². The van der Waals surface area contributed by atoms with Crippen LogP contribution < -0.4 is 20.3 Å². The maximum Gasteiger partial charge on any atom is 0.319 e. The van der Waals surface area contributed by atoms with Crippen molar-refractivity contribution in [2.45, 2.75) is 76.4 Å². The molecule has 0 spiro atoms. The van der Waals surface area contributed by atoms with Crippen molar-refractivity contribution in [3.63, 3.8) is 0 Å². The largest absolute Gasteiger partial charge is 0.494 e. The third-order valence-electron chi connectivity index (χ3n) is 7.86. The first kappa shape index (κ1) is 23.0. The van der Waals surface area contributed by atoms with Gasteiger partial charge in [-0.1, -0.05) is 18.2 Å². The SMILES string of the molecule is CCOc1ccc2c(c1)N(C1CCC1)C(c1ccc(NC(=O)NC3CCC3)cc1)C2c1nc(C)co1. The molecule has 2 unspecified atom stereocenters. The van der Waals surface area contributed by atoms with E-state index in [0.717, 1.165) is 35.9 Å². The number of oxazole rings is 1. The predicted octanol–water partition coefficient (Wildman–Crippen LogP) is 6.30. The number of ether oxygens (including phenoxy) is 1. The van der Waals surface area contributed by atoms with Gasteiger partial charge in [0.15, 0.2) is 0 Å². The lowest BCUT2D eigenvalue weighted by Crippen LogP contribution is -2.42. The monoisotopic (exact) mass is 486 g/mol. The molecule has 188 valence electrons. The molecule has 3 aromatic rings. The molecular weight excluding hydrogens is 452 g/mol. The van der Waals surface area contributed by atoms with Crippen molar-refractivity contribution in [3.8, 4) is 5.75 Å². The van der Waals surface area contributed by atoms with Crippen molar-refractivity contribution in [1.82, 2.24) is 10.3 Å². The quantitative estimate of drug-likeness (QED) is 0.410. The fourth-order valence-electron chi connectivity index (χ4n) is 5.64. The van der Waals surface area contributed by atoms with Crippen LogP contribution in [0.3, 0.4) is 0 Å². The molecule has 6 rings (SSSR count). The maximum atomic E-state index is 12.4. The molecule has 0 radical (unpaired) electrons. The normalized spacial score (nSPS) is 21.4. The average Bonchev–Trinajstić information content (AvgIpc) is 3.37. The van der Waals surface area contributed by atoms with Crippen molar-refractivity contribution in [1.29, 1.82) is 0 Å².